The van der Waals surface area contributed by atoms with Crippen LogP contribution in [0.15, 0.2) is 60.7 Å². The van der Waals surface area contributed by atoms with Crippen LogP contribution in [0.5, 0.6) is 0 Å². The summed E-state index contributed by atoms with van der Waals surface area (Å²) < 4.78 is 0. The topological polar surface area (TPSA) is 23.5 Å². The Morgan fingerprint density at radius 2 is 1.07 bits per heavy atom. The zero-order chi connectivity index (χ0) is 19.8. The van der Waals surface area contributed by atoms with Gasteiger partial charge >= 0.3 is 17.1 Å². The molecular formula is C26H27FeNO+2. The average molecular weight is 425 g/mol. The van der Waals surface area contributed by atoms with Crippen molar-refractivity contribution in [2.45, 2.75) is 12.1 Å². The van der Waals surface area contributed by atoms with Gasteiger partial charge in [0, 0.05) is 17.9 Å². The van der Waals surface area contributed by atoms with Crippen LogP contribution in [0.3, 0.4) is 0 Å². The van der Waals surface area contributed by atoms with Gasteiger partial charge in [0.2, 0.25) is 0 Å². The van der Waals surface area contributed by atoms with E-state index in [4.69, 9.17) is 0 Å². The number of aliphatic hydroxyl groups excluding tert-OH is 1. The van der Waals surface area contributed by atoms with Gasteiger partial charge < -0.3 is 10.0 Å². The van der Waals surface area contributed by atoms with Crippen LogP contribution in [0.25, 0.3) is 0 Å². The standard InChI is InChI=1S/C21H22NO.C5H5.Fe/c1-22(2)20(16-10-5-3-6-11-16)18-14-9-15-19(18)21(23)17-12-7-4-8-13-17;1-2-4-5-3-1;/h3-15,20-21,23H,1-2H3;1-5H;/q;;+2/t20-,21+;;/m0../s1. The van der Waals surface area contributed by atoms with E-state index in [9.17, 15) is 5.11 Å². The second-order valence-electron chi connectivity index (χ2n) is 6.99. The summed E-state index contributed by atoms with van der Waals surface area (Å²) in [6, 6.07) is 20.4. The number of nitrogens with zero attached hydrogens (tertiary/aromatic N) is 1. The third kappa shape index (κ3) is 6.69. The molecule has 2 saturated carbocycles. The van der Waals surface area contributed by atoms with Crippen molar-refractivity contribution < 1.29 is 22.2 Å². The van der Waals surface area contributed by atoms with Crippen LogP contribution in [0.1, 0.15) is 23.3 Å². The molecule has 2 fully saturated rings. The first kappa shape index (κ1) is 24.2. The molecule has 2 aromatic rings. The SMILES string of the molecule is CN(C)[C@H]([C]1[CH][CH][CH][C]1[C@H](O)c1ccccc1)c1ccccc1.[CH]1[CH][CH][CH][CH]1.[Fe+2]. The molecule has 2 aliphatic rings. The molecule has 0 aliphatic heterocycles. The van der Waals surface area contributed by atoms with Crippen LogP contribution < -0.4 is 0 Å². The van der Waals surface area contributed by atoms with Crippen LogP contribution >= 0.6 is 0 Å². The Balaban J connectivity index is 0.000000437. The molecule has 2 aromatic carbocycles. The molecule has 2 nitrogen and oxygen atoms in total. The Bertz CT molecular complexity index is 664. The van der Waals surface area contributed by atoms with E-state index in [2.05, 4.69) is 49.7 Å². The maximum atomic E-state index is 10.8. The average Bonchev–Trinajstić information content (AvgIpc) is 3.44. The second-order valence-corrected chi connectivity index (χ2v) is 6.99. The van der Waals surface area contributed by atoms with Crippen molar-refractivity contribution in [2.24, 2.45) is 0 Å². The fourth-order valence-electron chi connectivity index (χ4n) is 3.47. The maximum absolute atomic E-state index is 10.8. The summed E-state index contributed by atoms with van der Waals surface area (Å²) in [6.07, 6.45) is 15.6. The summed E-state index contributed by atoms with van der Waals surface area (Å²) in [5.41, 5.74) is 2.15. The Morgan fingerprint density at radius 3 is 1.55 bits per heavy atom. The monoisotopic (exact) mass is 425 g/mol. The van der Waals surface area contributed by atoms with Crippen LogP contribution in [-0.2, 0) is 17.1 Å². The smallest absolute Gasteiger partial charge is 0.388 e. The van der Waals surface area contributed by atoms with Crippen molar-refractivity contribution in [2.75, 3.05) is 14.1 Å². The van der Waals surface area contributed by atoms with Crippen molar-refractivity contribution >= 4 is 0 Å². The fraction of sp³-hybridized carbons (Fsp3) is 0.154. The Kier molecular flexibility index (Phi) is 10.4. The van der Waals surface area contributed by atoms with E-state index in [0.717, 1.165) is 17.4 Å². The second kappa shape index (κ2) is 12.5. The third-order valence-electron chi connectivity index (χ3n) is 4.78. The van der Waals surface area contributed by atoms with E-state index in [0.29, 0.717) is 0 Å². The van der Waals surface area contributed by atoms with E-state index in [1.54, 1.807) is 0 Å². The largest absolute Gasteiger partial charge is 2.00 e. The Hall–Kier alpha value is -1.12. The molecule has 3 heteroatoms. The molecule has 2 aliphatic carbocycles. The van der Waals surface area contributed by atoms with Crippen molar-refractivity contribution in [1.29, 1.82) is 0 Å². The summed E-state index contributed by atoms with van der Waals surface area (Å²) in [5.74, 6) is 2.12. The summed E-state index contributed by atoms with van der Waals surface area (Å²) in [4.78, 5) is 2.19. The molecule has 1 N–H and O–H groups in total. The van der Waals surface area contributed by atoms with Gasteiger partial charge in [0.05, 0.1) is 6.10 Å². The van der Waals surface area contributed by atoms with Gasteiger partial charge in [-0.1, -0.05) is 60.7 Å². The van der Waals surface area contributed by atoms with Crippen molar-refractivity contribution in [3.8, 4) is 0 Å². The zero-order valence-corrected chi connectivity index (χ0v) is 17.9. The van der Waals surface area contributed by atoms with Gasteiger partial charge in [-0.25, -0.2) is 0 Å². The molecule has 0 saturated heterocycles. The zero-order valence-electron chi connectivity index (χ0n) is 16.8. The molecule has 10 radical (unpaired) electrons. The molecule has 0 bridgehead atoms. The van der Waals surface area contributed by atoms with Gasteiger partial charge in [-0.3, -0.25) is 0 Å². The molecule has 0 heterocycles. The Labute approximate surface area is 188 Å². The minimum absolute atomic E-state index is 0. The number of hydrogen-bond donors (Lipinski definition) is 1. The molecule has 2 atom stereocenters. The molecule has 29 heavy (non-hydrogen) atoms. The van der Waals surface area contributed by atoms with Gasteiger partial charge in [0.25, 0.3) is 0 Å². The molecule has 0 unspecified atom stereocenters. The number of aliphatic hydroxyl groups is 1. The van der Waals surface area contributed by atoms with Crippen LogP contribution in [0, 0.1) is 63.2 Å². The minimum Gasteiger partial charge on any atom is -0.388 e. The third-order valence-corrected chi connectivity index (χ3v) is 4.78. The summed E-state index contributed by atoms with van der Waals surface area (Å²) in [7, 11) is 4.15. The van der Waals surface area contributed by atoms with E-state index in [1.807, 2.05) is 81.3 Å². The predicted molar refractivity (Wildman–Crippen MR) is 115 cm³/mol. The normalized spacial score (nSPS) is 19.3. The van der Waals surface area contributed by atoms with Gasteiger partial charge in [-0.2, -0.15) is 0 Å². The predicted octanol–water partition coefficient (Wildman–Crippen LogP) is 4.82. The minimum atomic E-state index is -0.604. The van der Waals surface area contributed by atoms with Crippen molar-refractivity contribution in [1.82, 2.24) is 4.90 Å². The fourth-order valence-corrected chi connectivity index (χ4v) is 3.47. The summed E-state index contributed by atoms with van der Waals surface area (Å²) >= 11 is 0. The van der Waals surface area contributed by atoms with E-state index < -0.39 is 6.10 Å². The van der Waals surface area contributed by atoms with E-state index in [1.165, 1.54) is 5.56 Å². The van der Waals surface area contributed by atoms with Gasteiger partial charge in [0.1, 0.15) is 0 Å². The van der Waals surface area contributed by atoms with Crippen LogP contribution in [-0.4, -0.2) is 24.1 Å². The quantitative estimate of drug-likeness (QED) is 0.695. The first-order valence-electron chi connectivity index (χ1n) is 9.55. The van der Waals surface area contributed by atoms with Gasteiger partial charge in [0.15, 0.2) is 0 Å². The van der Waals surface area contributed by atoms with Crippen molar-refractivity contribution in [3.63, 3.8) is 0 Å². The number of hydrogen-bond acceptors (Lipinski definition) is 2. The van der Waals surface area contributed by atoms with E-state index >= 15 is 0 Å². The molecule has 4 rings (SSSR count). The first-order chi connectivity index (χ1) is 13.7. The molecular weight excluding hydrogens is 398 g/mol. The molecule has 0 spiro atoms. The van der Waals surface area contributed by atoms with Crippen LogP contribution in [0.4, 0.5) is 0 Å². The van der Waals surface area contributed by atoms with Gasteiger partial charge in [-0.05, 0) is 76.6 Å². The van der Waals surface area contributed by atoms with Crippen LogP contribution in [0.2, 0.25) is 0 Å². The number of benzene rings is 2. The maximum Gasteiger partial charge on any atom is 2.00 e. The summed E-state index contributed by atoms with van der Waals surface area (Å²) in [6.45, 7) is 0. The molecule has 0 aromatic heterocycles. The van der Waals surface area contributed by atoms with Gasteiger partial charge in [-0.15, -0.1) is 0 Å². The molecule has 148 valence electrons. The van der Waals surface area contributed by atoms with E-state index in [-0.39, 0.29) is 23.1 Å². The molecule has 0 amide bonds. The first-order valence-corrected chi connectivity index (χ1v) is 9.55. The van der Waals surface area contributed by atoms with Crippen molar-refractivity contribution in [3.05, 3.63) is 135 Å². The number of rotatable bonds is 5. The Morgan fingerprint density at radius 1 is 0.621 bits per heavy atom. The summed E-state index contributed by atoms with van der Waals surface area (Å²) in [5, 5.41) is 10.8.